The number of nitrogens with zero attached hydrogens (tertiary/aromatic N) is 3. The molecule has 0 aliphatic carbocycles. The second-order valence-corrected chi connectivity index (χ2v) is 11.4. The summed E-state index contributed by atoms with van der Waals surface area (Å²) in [5, 5.41) is 0.391. The molecule has 0 atom stereocenters. The summed E-state index contributed by atoms with van der Waals surface area (Å²) in [6.07, 6.45) is 1.14. The van der Waals surface area contributed by atoms with Gasteiger partial charge in [0.2, 0.25) is 0 Å². The average Bonchev–Trinajstić information content (AvgIpc) is 3.31. The van der Waals surface area contributed by atoms with Gasteiger partial charge in [0.15, 0.2) is 20.7 Å². The van der Waals surface area contributed by atoms with Crippen molar-refractivity contribution in [1.29, 1.82) is 0 Å². The van der Waals surface area contributed by atoms with E-state index in [1.807, 2.05) is 24.3 Å². The number of sulfone groups is 1. The molecule has 0 amide bonds. The molecule has 0 spiro atoms. The number of aliphatic imine (C=N–C) groups is 1. The third-order valence-electron chi connectivity index (χ3n) is 4.88. The van der Waals surface area contributed by atoms with Crippen LogP contribution >= 0.6 is 27.5 Å². The van der Waals surface area contributed by atoms with Crippen LogP contribution in [0.5, 0.6) is 0 Å². The van der Waals surface area contributed by atoms with E-state index in [1.165, 1.54) is 12.1 Å². The minimum absolute atomic E-state index is 0.150. The highest BCUT2D eigenvalue weighted by atomic mass is 79.9. The van der Waals surface area contributed by atoms with Crippen molar-refractivity contribution in [3.63, 3.8) is 0 Å². The first-order valence-electron chi connectivity index (χ1n) is 10.7. The lowest BCUT2D eigenvalue weighted by molar-refractivity contribution is -0.138. The predicted molar refractivity (Wildman–Crippen MR) is 142 cm³/mol. The van der Waals surface area contributed by atoms with Crippen molar-refractivity contribution < 1.29 is 17.9 Å². The number of ether oxygens (including phenoxy) is 1. The van der Waals surface area contributed by atoms with Crippen LogP contribution in [0.3, 0.4) is 0 Å². The summed E-state index contributed by atoms with van der Waals surface area (Å²) < 4.78 is 33.6. The number of allylic oxidation sites excluding steroid dienone is 1. The van der Waals surface area contributed by atoms with Gasteiger partial charge < -0.3 is 10.5 Å². The first-order valence-corrected chi connectivity index (χ1v) is 14.1. The number of hydrogen-bond donors (Lipinski definition) is 1. The van der Waals surface area contributed by atoms with E-state index in [0.717, 1.165) is 23.4 Å². The summed E-state index contributed by atoms with van der Waals surface area (Å²) in [4.78, 5) is 21.9. The van der Waals surface area contributed by atoms with E-state index in [-0.39, 0.29) is 27.6 Å². The molecule has 0 bridgehead atoms. The van der Waals surface area contributed by atoms with Crippen molar-refractivity contribution in [3.8, 4) is 11.4 Å². The van der Waals surface area contributed by atoms with Gasteiger partial charge in [-0.2, -0.15) is 4.37 Å². The molecule has 2 N–H and O–H groups in total. The molecule has 35 heavy (non-hydrogen) atoms. The van der Waals surface area contributed by atoms with Crippen LogP contribution in [0.1, 0.15) is 37.3 Å². The number of halogens is 1. The van der Waals surface area contributed by atoms with Gasteiger partial charge >= 0.3 is 5.97 Å². The van der Waals surface area contributed by atoms with Crippen molar-refractivity contribution in [2.75, 3.05) is 12.9 Å². The van der Waals surface area contributed by atoms with E-state index in [0.29, 0.717) is 27.8 Å². The summed E-state index contributed by atoms with van der Waals surface area (Å²) in [5.41, 5.74) is 8.49. The van der Waals surface area contributed by atoms with Crippen molar-refractivity contribution >= 4 is 54.7 Å². The first-order chi connectivity index (χ1) is 16.5. The molecule has 0 aliphatic heterocycles. The molecule has 1 aromatic heterocycles. The molecule has 0 aliphatic rings. The van der Waals surface area contributed by atoms with E-state index >= 15 is 0 Å². The number of aromatic nitrogens is 2. The molecule has 0 radical (unpaired) electrons. The highest BCUT2D eigenvalue weighted by Gasteiger charge is 2.22. The summed E-state index contributed by atoms with van der Waals surface area (Å²) in [6.45, 7) is 5.98. The molecule has 8 nitrogen and oxygen atoms in total. The molecule has 0 unspecified atom stereocenters. The number of rotatable bonds is 8. The second kappa shape index (κ2) is 11.2. The van der Waals surface area contributed by atoms with Crippen molar-refractivity contribution in [2.45, 2.75) is 31.6 Å². The fourth-order valence-corrected chi connectivity index (χ4v) is 5.03. The highest BCUT2D eigenvalue weighted by molar-refractivity contribution is 9.12. The average molecular weight is 578 g/mol. The molecule has 184 valence electrons. The van der Waals surface area contributed by atoms with Gasteiger partial charge in [0.05, 0.1) is 21.7 Å². The Morgan fingerprint density at radius 2 is 1.91 bits per heavy atom. The van der Waals surface area contributed by atoms with Crippen molar-refractivity contribution in [2.24, 2.45) is 10.7 Å². The largest absolute Gasteiger partial charge is 0.461 e. The van der Waals surface area contributed by atoms with Gasteiger partial charge in [-0.3, -0.25) is 0 Å². The Bertz CT molecular complexity index is 1410. The van der Waals surface area contributed by atoms with E-state index < -0.39 is 15.8 Å². The third-order valence-corrected chi connectivity index (χ3v) is 7.51. The molecule has 2 aromatic carbocycles. The lowest BCUT2D eigenvalue weighted by Gasteiger charge is -2.11. The molecule has 3 aromatic rings. The number of nitrogens with two attached hydrogens (primary N) is 1. The zero-order chi connectivity index (χ0) is 25.8. The van der Waals surface area contributed by atoms with Gasteiger partial charge in [-0.05, 0) is 64.1 Å². The first kappa shape index (κ1) is 26.7. The zero-order valence-electron chi connectivity index (χ0n) is 19.6. The van der Waals surface area contributed by atoms with Gasteiger partial charge in [-0.25, -0.2) is 23.2 Å². The number of para-hydroxylation sites is 1. The molecule has 3 rings (SSSR count). The maximum Gasteiger partial charge on any atom is 0.355 e. The number of carbonyl (C=O) groups excluding carboxylic acids is 1. The van der Waals surface area contributed by atoms with E-state index in [1.54, 1.807) is 19.1 Å². The van der Waals surface area contributed by atoms with E-state index in [4.69, 9.17) is 15.5 Å². The quantitative estimate of drug-likeness (QED) is 0.227. The summed E-state index contributed by atoms with van der Waals surface area (Å²) >= 11 is 4.48. The summed E-state index contributed by atoms with van der Waals surface area (Å²) in [5.74, 6) is -0.157. The Hall–Kier alpha value is -2.89. The smallest absolute Gasteiger partial charge is 0.355 e. The highest BCUT2D eigenvalue weighted by Crippen LogP contribution is 2.31. The van der Waals surface area contributed by atoms with Crippen LogP contribution in [0, 0.1) is 0 Å². The van der Waals surface area contributed by atoms with Crippen LogP contribution in [-0.2, 0) is 19.4 Å². The lowest BCUT2D eigenvalue weighted by Crippen LogP contribution is -2.19. The molecular weight excluding hydrogens is 552 g/mol. The van der Waals surface area contributed by atoms with Crippen LogP contribution < -0.4 is 5.73 Å². The van der Waals surface area contributed by atoms with E-state index in [9.17, 15) is 13.2 Å². The van der Waals surface area contributed by atoms with Gasteiger partial charge in [0.1, 0.15) is 11.4 Å². The number of hydrogen-bond acceptors (Lipinski definition) is 9. The SMILES string of the molecule is CCOC(=O)/C(N)=C(\Br)C(=Nc1ccccc1C(C)C)c1nc(-c2cccc(S(C)(=O)=O)c2)ns1. The molecule has 0 saturated heterocycles. The maximum atomic E-state index is 12.3. The van der Waals surface area contributed by atoms with Gasteiger partial charge in [0, 0.05) is 11.8 Å². The minimum Gasteiger partial charge on any atom is -0.461 e. The summed E-state index contributed by atoms with van der Waals surface area (Å²) in [6, 6.07) is 14.0. The predicted octanol–water partition coefficient (Wildman–Crippen LogP) is 4.98. The molecule has 0 fully saturated rings. The Balaban J connectivity index is 2.18. The van der Waals surface area contributed by atoms with E-state index in [2.05, 4.69) is 39.1 Å². The zero-order valence-corrected chi connectivity index (χ0v) is 22.9. The fraction of sp³-hybridized carbons (Fsp3) is 0.250. The van der Waals surface area contributed by atoms with Gasteiger partial charge in [-0.15, -0.1) is 0 Å². The third kappa shape index (κ3) is 6.41. The van der Waals surface area contributed by atoms with Gasteiger partial charge in [-0.1, -0.05) is 44.2 Å². The normalized spacial score (nSPS) is 13.0. The molecule has 11 heteroatoms. The number of carbonyl (C=O) groups is 1. The molecule has 0 saturated carbocycles. The van der Waals surface area contributed by atoms with Crippen molar-refractivity contribution in [3.05, 3.63) is 69.3 Å². The van der Waals surface area contributed by atoms with Crippen LogP contribution in [0.2, 0.25) is 0 Å². The Labute approximate surface area is 217 Å². The van der Waals surface area contributed by atoms with Crippen LogP contribution in [-0.4, -0.2) is 42.3 Å². The minimum atomic E-state index is -3.39. The fourth-order valence-electron chi connectivity index (χ4n) is 3.12. The molecule has 1 heterocycles. The van der Waals surface area contributed by atoms with Gasteiger partial charge in [0.25, 0.3) is 0 Å². The van der Waals surface area contributed by atoms with Crippen LogP contribution in [0.25, 0.3) is 11.4 Å². The summed E-state index contributed by atoms with van der Waals surface area (Å²) in [7, 11) is -3.39. The van der Waals surface area contributed by atoms with Crippen LogP contribution in [0.15, 0.2) is 68.6 Å². The standard InChI is InChI=1S/C24H25BrN4O4S2/c1-5-33-24(30)20(26)19(25)21(27-18-12-7-6-11-17(18)14(2)3)23-28-22(29-34-23)15-9-8-10-16(13-15)35(4,31)32/h6-14H,5,26H2,1-4H3/b20-19+,27-21?. The lowest BCUT2D eigenvalue weighted by atomic mass is 10.0. The topological polar surface area (TPSA) is 125 Å². The monoisotopic (exact) mass is 576 g/mol. The van der Waals surface area contributed by atoms with Crippen molar-refractivity contribution in [1.82, 2.24) is 9.36 Å². The maximum absolute atomic E-state index is 12.3. The number of benzene rings is 2. The Morgan fingerprint density at radius 1 is 1.20 bits per heavy atom. The Kier molecular flexibility index (Phi) is 8.57. The number of esters is 1. The van der Waals surface area contributed by atoms with Crippen LogP contribution in [0.4, 0.5) is 5.69 Å². The second-order valence-electron chi connectivity index (χ2n) is 7.85. The molecular formula is C24H25BrN4O4S2. The Morgan fingerprint density at radius 3 is 2.57 bits per heavy atom.